The number of imide groups is 1. The highest BCUT2D eigenvalue weighted by Gasteiger charge is 2.21. The van der Waals surface area contributed by atoms with E-state index in [0.717, 1.165) is 43.9 Å². The Labute approximate surface area is 168 Å². The Morgan fingerprint density at radius 1 is 1.25 bits per heavy atom. The number of piperazine rings is 1. The first kappa shape index (κ1) is 20.4. The molecular weight excluding hydrogens is 380 g/mol. The molecule has 0 saturated carbocycles. The molecule has 2 N–H and O–H groups in total. The number of aromatic nitrogens is 2. The number of carbonyl (C=O) groups excluding carboxylic acids is 2. The van der Waals surface area contributed by atoms with Gasteiger partial charge in [0.2, 0.25) is 17.6 Å². The second-order valence-corrected chi connectivity index (χ2v) is 7.65. The Bertz CT molecular complexity index is 755. The van der Waals surface area contributed by atoms with Crippen LogP contribution in [0.3, 0.4) is 0 Å². The Morgan fingerprint density at radius 3 is 2.75 bits per heavy atom. The number of hydrogen-bond acceptors (Lipinski definition) is 8. The zero-order valence-electron chi connectivity index (χ0n) is 16.0. The highest BCUT2D eigenvalue weighted by Crippen LogP contribution is 2.21. The number of thiophene rings is 1. The van der Waals surface area contributed by atoms with E-state index in [-0.39, 0.29) is 12.5 Å². The summed E-state index contributed by atoms with van der Waals surface area (Å²) in [6.45, 7) is 6.53. The molecule has 3 rings (SSSR count). The molecule has 2 aromatic rings. The van der Waals surface area contributed by atoms with Gasteiger partial charge < -0.3 is 9.84 Å². The maximum absolute atomic E-state index is 12.0. The lowest BCUT2D eigenvalue weighted by molar-refractivity contribution is -0.121. The summed E-state index contributed by atoms with van der Waals surface area (Å²) >= 11 is 1.58. The lowest BCUT2D eigenvalue weighted by Gasteiger charge is -2.33. The van der Waals surface area contributed by atoms with Gasteiger partial charge in [0.25, 0.3) is 0 Å². The van der Waals surface area contributed by atoms with Crippen molar-refractivity contribution in [2.24, 2.45) is 0 Å². The number of urea groups is 1. The van der Waals surface area contributed by atoms with Crippen LogP contribution < -0.4 is 10.6 Å². The van der Waals surface area contributed by atoms with Gasteiger partial charge >= 0.3 is 6.03 Å². The normalized spacial score (nSPS) is 15.5. The molecule has 0 aromatic carbocycles. The molecule has 0 radical (unpaired) electrons. The van der Waals surface area contributed by atoms with Crippen molar-refractivity contribution >= 4 is 23.3 Å². The molecule has 10 heteroatoms. The van der Waals surface area contributed by atoms with E-state index >= 15 is 0 Å². The predicted molar refractivity (Wildman–Crippen MR) is 106 cm³/mol. The maximum Gasteiger partial charge on any atom is 0.321 e. The van der Waals surface area contributed by atoms with Crippen molar-refractivity contribution in [3.05, 3.63) is 23.4 Å². The summed E-state index contributed by atoms with van der Waals surface area (Å²) in [6, 6.07) is 3.50. The van der Waals surface area contributed by atoms with Crippen LogP contribution in [0.5, 0.6) is 0 Å². The third-order valence-corrected chi connectivity index (χ3v) is 5.34. The highest BCUT2D eigenvalue weighted by atomic mass is 32.1. The Balaban J connectivity index is 1.36. The summed E-state index contributed by atoms with van der Waals surface area (Å²) < 4.78 is 5.35. The fraction of sp³-hybridized carbons (Fsp3) is 0.556. The average Bonchev–Trinajstić information content (AvgIpc) is 3.35. The van der Waals surface area contributed by atoms with E-state index in [1.54, 1.807) is 11.3 Å². The molecule has 0 unspecified atom stereocenters. The van der Waals surface area contributed by atoms with Crippen LogP contribution in [-0.4, -0.2) is 71.1 Å². The van der Waals surface area contributed by atoms with Gasteiger partial charge in [-0.2, -0.15) is 4.98 Å². The van der Waals surface area contributed by atoms with Crippen LogP contribution >= 0.6 is 11.3 Å². The highest BCUT2D eigenvalue weighted by molar-refractivity contribution is 7.13. The standard InChI is InChI=1S/C18H26N6O3S/c1-2-3-6-19-18(26)20-15(25)12-23-7-9-24(10-8-23)13-16-21-17(22-27-16)14-5-4-11-28-14/h4-5,11H,2-3,6-10,12-13H2,1H3,(H2,19,20,25,26). The Kier molecular flexibility index (Phi) is 7.52. The molecule has 3 heterocycles. The molecule has 1 aliphatic heterocycles. The van der Waals surface area contributed by atoms with E-state index < -0.39 is 6.03 Å². The van der Waals surface area contributed by atoms with E-state index in [4.69, 9.17) is 4.52 Å². The second-order valence-electron chi connectivity index (χ2n) is 6.70. The van der Waals surface area contributed by atoms with Gasteiger partial charge in [-0.25, -0.2) is 4.79 Å². The Morgan fingerprint density at radius 2 is 2.04 bits per heavy atom. The first-order valence-electron chi connectivity index (χ1n) is 9.53. The molecule has 28 heavy (non-hydrogen) atoms. The number of hydrogen-bond donors (Lipinski definition) is 2. The quantitative estimate of drug-likeness (QED) is 0.641. The van der Waals surface area contributed by atoms with E-state index in [0.29, 0.717) is 24.8 Å². The van der Waals surface area contributed by atoms with E-state index in [1.807, 2.05) is 29.3 Å². The van der Waals surface area contributed by atoms with E-state index in [9.17, 15) is 9.59 Å². The maximum atomic E-state index is 12.0. The number of amides is 3. The summed E-state index contributed by atoms with van der Waals surface area (Å²) in [4.78, 5) is 33.3. The van der Waals surface area contributed by atoms with Crippen molar-refractivity contribution in [1.29, 1.82) is 0 Å². The van der Waals surface area contributed by atoms with Gasteiger partial charge in [0, 0.05) is 32.7 Å². The van der Waals surface area contributed by atoms with Crippen LogP contribution in [0.2, 0.25) is 0 Å². The molecule has 1 fully saturated rings. The molecule has 9 nitrogen and oxygen atoms in total. The first-order valence-corrected chi connectivity index (χ1v) is 10.4. The third-order valence-electron chi connectivity index (χ3n) is 4.47. The number of unbranched alkanes of at least 4 members (excludes halogenated alkanes) is 1. The molecule has 1 aliphatic rings. The number of nitrogens with one attached hydrogen (secondary N) is 2. The topological polar surface area (TPSA) is 104 Å². The van der Waals surface area contributed by atoms with Gasteiger partial charge in [-0.1, -0.05) is 24.6 Å². The summed E-state index contributed by atoms with van der Waals surface area (Å²) in [5.41, 5.74) is 0. The largest absolute Gasteiger partial charge is 0.338 e. The number of rotatable bonds is 8. The molecule has 0 bridgehead atoms. The summed E-state index contributed by atoms with van der Waals surface area (Å²) in [5, 5.41) is 11.1. The van der Waals surface area contributed by atoms with Crippen molar-refractivity contribution in [1.82, 2.24) is 30.6 Å². The van der Waals surface area contributed by atoms with Gasteiger partial charge in [0.15, 0.2) is 0 Å². The van der Waals surface area contributed by atoms with Crippen molar-refractivity contribution in [3.8, 4) is 10.7 Å². The number of nitrogens with zero attached hydrogens (tertiary/aromatic N) is 4. The average molecular weight is 407 g/mol. The Hall–Kier alpha value is -2.30. The van der Waals surface area contributed by atoms with Gasteiger partial charge in [-0.3, -0.25) is 19.9 Å². The molecule has 0 spiro atoms. The van der Waals surface area contributed by atoms with Gasteiger partial charge in [0.05, 0.1) is 18.0 Å². The van der Waals surface area contributed by atoms with Crippen LogP contribution in [0.15, 0.2) is 22.0 Å². The van der Waals surface area contributed by atoms with Crippen LogP contribution in [0.4, 0.5) is 4.79 Å². The van der Waals surface area contributed by atoms with Crippen molar-refractivity contribution in [2.75, 3.05) is 39.3 Å². The van der Waals surface area contributed by atoms with Crippen molar-refractivity contribution in [3.63, 3.8) is 0 Å². The van der Waals surface area contributed by atoms with Crippen LogP contribution in [0, 0.1) is 0 Å². The molecule has 1 saturated heterocycles. The minimum Gasteiger partial charge on any atom is -0.338 e. The summed E-state index contributed by atoms with van der Waals surface area (Å²) in [6.07, 6.45) is 1.90. The van der Waals surface area contributed by atoms with Crippen molar-refractivity contribution < 1.29 is 14.1 Å². The van der Waals surface area contributed by atoms with Crippen LogP contribution in [0.1, 0.15) is 25.7 Å². The van der Waals surface area contributed by atoms with Gasteiger partial charge in [0.1, 0.15) is 0 Å². The third kappa shape index (κ3) is 6.11. The second kappa shape index (κ2) is 10.3. The number of carbonyl (C=O) groups is 2. The lowest BCUT2D eigenvalue weighted by atomic mass is 10.3. The van der Waals surface area contributed by atoms with Crippen LogP contribution in [0.25, 0.3) is 10.7 Å². The lowest BCUT2D eigenvalue weighted by Crippen LogP contribution is -2.50. The minimum atomic E-state index is -0.421. The van der Waals surface area contributed by atoms with Crippen LogP contribution in [-0.2, 0) is 11.3 Å². The van der Waals surface area contributed by atoms with Crippen molar-refractivity contribution in [2.45, 2.75) is 26.3 Å². The molecule has 2 aromatic heterocycles. The zero-order chi connectivity index (χ0) is 19.8. The molecular formula is C18H26N6O3S. The molecule has 0 aliphatic carbocycles. The fourth-order valence-electron chi connectivity index (χ4n) is 2.91. The fourth-order valence-corrected chi connectivity index (χ4v) is 3.56. The van der Waals surface area contributed by atoms with Gasteiger partial charge in [-0.15, -0.1) is 11.3 Å². The van der Waals surface area contributed by atoms with Gasteiger partial charge in [-0.05, 0) is 17.9 Å². The predicted octanol–water partition coefficient (Wildman–Crippen LogP) is 1.54. The van der Waals surface area contributed by atoms with E-state index in [2.05, 4.69) is 25.7 Å². The molecule has 3 amide bonds. The molecule has 0 atom stereocenters. The zero-order valence-corrected chi connectivity index (χ0v) is 16.8. The summed E-state index contributed by atoms with van der Waals surface area (Å²) in [5.74, 6) is 0.941. The molecule has 152 valence electrons. The SMILES string of the molecule is CCCCNC(=O)NC(=O)CN1CCN(Cc2nc(-c3cccs3)no2)CC1. The first-order chi connectivity index (χ1) is 13.6. The minimum absolute atomic E-state index is 0.220. The summed E-state index contributed by atoms with van der Waals surface area (Å²) in [7, 11) is 0. The smallest absolute Gasteiger partial charge is 0.321 e. The van der Waals surface area contributed by atoms with E-state index in [1.165, 1.54) is 0 Å². The monoisotopic (exact) mass is 406 g/mol.